The topological polar surface area (TPSA) is 50.3 Å². The second-order valence-electron chi connectivity index (χ2n) is 4.00. The second-order valence-corrected chi connectivity index (χ2v) is 4.00. The summed E-state index contributed by atoms with van der Waals surface area (Å²) in [6.45, 7) is 4.65. The van der Waals surface area contributed by atoms with Gasteiger partial charge in [0.1, 0.15) is 0 Å². The number of nitrogens with zero attached hydrogens (tertiary/aromatic N) is 3. The molecule has 0 aliphatic carbocycles. The van der Waals surface area contributed by atoms with Gasteiger partial charge in [0, 0.05) is 45.5 Å². The van der Waals surface area contributed by atoms with E-state index < -0.39 is 0 Å². The molecule has 1 aliphatic heterocycles. The first-order chi connectivity index (χ1) is 7.90. The minimum atomic E-state index is 0.431. The van der Waals surface area contributed by atoms with Crippen molar-refractivity contribution in [2.75, 3.05) is 33.4 Å². The van der Waals surface area contributed by atoms with Crippen molar-refractivity contribution in [3.05, 3.63) is 24.0 Å². The fourth-order valence-corrected chi connectivity index (χ4v) is 1.99. The summed E-state index contributed by atoms with van der Waals surface area (Å²) in [5.41, 5.74) is 1.02. The van der Waals surface area contributed by atoms with E-state index in [1.165, 1.54) is 0 Å². The minimum Gasteiger partial charge on any atom is -0.383 e. The van der Waals surface area contributed by atoms with Crippen LogP contribution in [0, 0.1) is 0 Å². The number of methoxy groups -OCH3 is 1. The van der Waals surface area contributed by atoms with Gasteiger partial charge in [-0.1, -0.05) is 0 Å². The Labute approximate surface area is 95.8 Å². The van der Waals surface area contributed by atoms with Crippen molar-refractivity contribution < 1.29 is 4.74 Å². The summed E-state index contributed by atoms with van der Waals surface area (Å²) in [6, 6.07) is 4.37. The molecule has 0 aromatic carbocycles. The number of ether oxygens (including phenoxy) is 1. The highest BCUT2D eigenvalue weighted by Gasteiger charge is 2.22. The van der Waals surface area contributed by atoms with Crippen molar-refractivity contribution in [1.29, 1.82) is 0 Å². The third kappa shape index (κ3) is 2.98. The molecule has 5 heteroatoms. The molecular formula is C11H18N4O. The van der Waals surface area contributed by atoms with Crippen LogP contribution in [0.5, 0.6) is 0 Å². The van der Waals surface area contributed by atoms with Gasteiger partial charge < -0.3 is 10.1 Å². The summed E-state index contributed by atoms with van der Waals surface area (Å²) in [4.78, 5) is 2.39. The monoisotopic (exact) mass is 222 g/mol. The fraction of sp³-hybridized carbons (Fsp3) is 0.636. The first-order valence-corrected chi connectivity index (χ1v) is 5.60. The van der Waals surface area contributed by atoms with Gasteiger partial charge in [-0.15, -0.1) is 0 Å². The van der Waals surface area contributed by atoms with Crippen molar-refractivity contribution in [3.8, 4) is 0 Å². The quantitative estimate of drug-likeness (QED) is 0.771. The Morgan fingerprint density at radius 3 is 3.31 bits per heavy atom. The molecule has 0 spiro atoms. The second kappa shape index (κ2) is 5.89. The van der Waals surface area contributed by atoms with Gasteiger partial charge in [-0.3, -0.25) is 4.90 Å². The first-order valence-electron chi connectivity index (χ1n) is 5.60. The number of aromatic nitrogens is 2. The largest absolute Gasteiger partial charge is 0.383 e. The summed E-state index contributed by atoms with van der Waals surface area (Å²) >= 11 is 0. The van der Waals surface area contributed by atoms with E-state index in [-0.39, 0.29) is 0 Å². The molecule has 2 heterocycles. The Kier molecular flexibility index (Phi) is 4.21. The normalized spacial score (nSPS) is 22.2. The van der Waals surface area contributed by atoms with Crippen molar-refractivity contribution in [3.63, 3.8) is 0 Å². The highest BCUT2D eigenvalue weighted by atomic mass is 16.5. The molecule has 5 nitrogen and oxygen atoms in total. The third-order valence-electron chi connectivity index (χ3n) is 2.82. The van der Waals surface area contributed by atoms with Crippen LogP contribution in [-0.4, -0.2) is 54.5 Å². The molecule has 0 amide bonds. The summed E-state index contributed by atoms with van der Waals surface area (Å²) < 4.78 is 5.23. The van der Waals surface area contributed by atoms with E-state index in [4.69, 9.17) is 4.74 Å². The zero-order valence-corrected chi connectivity index (χ0v) is 9.59. The van der Waals surface area contributed by atoms with Crippen LogP contribution in [0.3, 0.4) is 0 Å². The van der Waals surface area contributed by atoms with Gasteiger partial charge in [0.05, 0.1) is 12.3 Å². The van der Waals surface area contributed by atoms with Gasteiger partial charge in [-0.2, -0.15) is 10.2 Å². The molecule has 1 saturated heterocycles. The van der Waals surface area contributed by atoms with Gasteiger partial charge in [0.15, 0.2) is 0 Å². The molecule has 1 fully saturated rings. The fourth-order valence-electron chi connectivity index (χ4n) is 1.99. The van der Waals surface area contributed by atoms with Crippen molar-refractivity contribution in [1.82, 2.24) is 20.4 Å². The SMILES string of the molecule is COCC1CNCCN1Cc1cccnn1. The minimum absolute atomic E-state index is 0.431. The van der Waals surface area contributed by atoms with Crippen LogP contribution in [0.2, 0.25) is 0 Å². The number of hydrogen-bond acceptors (Lipinski definition) is 5. The van der Waals surface area contributed by atoms with E-state index in [0.717, 1.165) is 38.5 Å². The van der Waals surface area contributed by atoms with Crippen molar-refractivity contribution in [2.24, 2.45) is 0 Å². The van der Waals surface area contributed by atoms with E-state index in [9.17, 15) is 0 Å². The first kappa shape index (κ1) is 11.4. The molecule has 1 N–H and O–H groups in total. The van der Waals surface area contributed by atoms with Gasteiger partial charge in [-0.25, -0.2) is 0 Å². The van der Waals surface area contributed by atoms with E-state index in [2.05, 4.69) is 20.4 Å². The summed E-state index contributed by atoms with van der Waals surface area (Å²) in [5, 5.41) is 11.4. The van der Waals surface area contributed by atoms with Gasteiger partial charge in [-0.05, 0) is 12.1 Å². The summed E-state index contributed by atoms with van der Waals surface area (Å²) in [6.07, 6.45) is 1.70. The molecule has 1 unspecified atom stereocenters. The van der Waals surface area contributed by atoms with Crippen LogP contribution >= 0.6 is 0 Å². The molecule has 1 aromatic heterocycles. The molecule has 1 aliphatic rings. The van der Waals surface area contributed by atoms with Crippen LogP contribution in [0.25, 0.3) is 0 Å². The highest BCUT2D eigenvalue weighted by molar-refractivity contribution is 5.00. The van der Waals surface area contributed by atoms with E-state index in [1.54, 1.807) is 13.3 Å². The molecule has 16 heavy (non-hydrogen) atoms. The molecule has 2 rings (SSSR count). The lowest BCUT2D eigenvalue weighted by molar-refractivity contribution is 0.0678. The Balaban J connectivity index is 1.96. The highest BCUT2D eigenvalue weighted by Crippen LogP contribution is 2.08. The standard InChI is InChI=1S/C11H18N4O/c1-16-9-11-7-12-5-6-15(11)8-10-3-2-4-13-14-10/h2-4,11-12H,5-9H2,1H3. The van der Waals surface area contributed by atoms with Crippen molar-refractivity contribution in [2.45, 2.75) is 12.6 Å². The van der Waals surface area contributed by atoms with Gasteiger partial charge in [0.25, 0.3) is 0 Å². The predicted octanol–water partition coefficient (Wildman–Crippen LogP) is -0.103. The maximum Gasteiger partial charge on any atom is 0.0771 e. The van der Waals surface area contributed by atoms with Crippen LogP contribution in [-0.2, 0) is 11.3 Å². The summed E-state index contributed by atoms with van der Waals surface area (Å²) in [5.74, 6) is 0. The smallest absolute Gasteiger partial charge is 0.0771 e. The van der Waals surface area contributed by atoms with E-state index in [1.807, 2.05) is 12.1 Å². The predicted molar refractivity (Wildman–Crippen MR) is 61.0 cm³/mol. The molecule has 88 valence electrons. The average molecular weight is 222 g/mol. The summed E-state index contributed by atoms with van der Waals surface area (Å²) in [7, 11) is 1.75. The molecule has 0 saturated carbocycles. The van der Waals surface area contributed by atoms with E-state index >= 15 is 0 Å². The van der Waals surface area contributed by atoms with Crippen LogP contribution in [0.4, 0.5) is 0 Å². The Hall–Kier alpha value is -1.04. The Bertz CT molecular complexity index is 304. The molecule has 1 atom stereocenters. The maximum atomic E-state index is 5.23. The van der Waals surface area contributed by atoms with Gasteiger partial charge in [0.2, 0.25) is 0 Å². The number of piperazine rings is 1. The number of hydrogen-bond donors (Lipinski definition) is 1. The van der Waals surface area contributed by atoms with E-state index in [0.29, 0.717) is 6.04 Å². The van der Waals surface area contributed by atoms with Gasteiger partial charge >= 0.3 is 0 Å². The lowest BCUT2D eigenvalue weighted by Gasteiger charge is -2.35. The third-order valence-corrected chi connectivity index (χ3v) is 2.82. The Morgan fingerprint density at radius 1 is 1.62 bits per heavy atom. The van der Waals surface area contributed by atoms with Crippen molar-refractivity contribution >= 4 is 0 Å². The number of nitrogens with one attached hydrogen (secondary N) is 1. The Morgan fingerprint density at radius 2 is 2.56 bits per heavy atom. The molecule has 0 radical (unpaired) electrons. The zero-order chi connectivity index (χ0) is 11.2. The van der Waals surface area contributed by atoms with Crippen LogP contribution in [0.1, 0.15) is 5.69 Å². The lowest BCUT2D eigenvalue weighted by Crippen LogP contribution is -2.52. The molecule has 1 aromatic rings. The lowest BCUT2D eigenvalue weighted by atomic mass is 10.2. The number of rotatable bonds is 4. The average Bonchev–Trinajstić information content (AvgIpc) is 2.33. The maximum absolute atomic E-state index is 5.23. The van der Waals surface area contributed by atoms with Crippen LogP contribution in [0.15, 0.2) is 18.3 Å². The molecular weight excluding hydrogens is 204 g/mol. The zero-order valence-electron chi connectivity index (χ0n) is 9.59. The molecule has 0 bridgehead atoms. The van der Waals surface area contributed by atoms with Crippen LogP contribution < -0.4 is 5.32 Å².